The monoisotopic (exact) mass is 447 g/mol. The molecule has 0 spiro atoms. The van der Waals surface area contributed by atoms with Gasteiger partial charge in [0.1, 0.15) is 23.7 Å². The van der Waals surface area contributed by atoms with Gasteiger partial charge in [-0.25, -0.2) is 9.48 Å². The summed E-state index contributed by atoms with van der Waals surface area (Å²) in [6.45, 7) is 4.23. The number of ether oxygens (including phenoxy) is 1. The molecule has 2 aliphatic rings. The molecule has 0 saturated heterocycles. The van der Waals surface area contributed by atoms with Crippen LogP contribution in [0.15, 0.2) is 22.0 Å². The van der Waals surface area contributed by atoms with Crippen molar-refractivity contribution in [3.05, 3.63) is 28.2 Å². The Morgan fingerprint density at radius 2 is 1.81 bits per heavy atom. The van der Waals surface area contributed by atoms with Crippen LogP contribution in [0.3, 0.4) is 0 Å². The Morgan fingerprint density at radius 1 is 1.12 bits per heavy atom. The van der Waals surface area contributed by atoms with Crippen LogP contribution in [0.2, 0.25) is 0 Å². The van der Waals surface area contributed by atoms with Crippen LogP contribution in [0.25, 0.3) is 5.57 Å². The van der Waals surface area contributed by atoms with Gasteiger partial charge in [0.15, 0.2) is 0 Å². The van der Waals surface area contributed by atoms with Gasteiger partial charge in [-0.15, -0.1) is 0 Å². The zero-order chi connectivity index (χ0) is 23.7. The number of esters is 1. The molecule has 2 heterocycles. The Morgan fingerprint density at radius 3 is 2.41 bits per heavy atom. The molecule has 1 aliphatic heterocycles. The van der Waals surface area contributed by atoms with E-state index in [4.69, 9.17) is 9.84 Å². The van der Waals surface area contributed by atoms with Gasteiger partial charge in [-0.2, -0.15) is 5.10 Å². The number of carbonyl (C=O) groups is 3. The molecule has 0 saturated carbocycles. The number of aromatic nitrogens is 2. The number of hydrogen-bond donors (Lipinski definition) is 4. The maximum absolute atomic E-state index is 12.9. The lowest BCUT2D eigenvalue weighted by Crippen LogP contribution is -2.28. The van der Waals surface area contributed by atoms with Crippen molar-refractivity contribution in [2.75, 3.05) is 13.2 Å². The number of hydrogen-bond acceptors (Lipinski definition) is 8. The van der Waals surface area contributed by atoms with Crippen LogP contribution in [-0.2, 0) is 25.7 Å². The van der Waals surface area contributed by atoms with Crippen molar-refractivity contribution in [1.29, 1.82) is 0 Å². The lowest BCUT2D eigenvalue weighted by Gasteiger charge is -2.22. The van der Waals surface area contributed by atoms with Gasteiger partial charge in [-0.05, 0) is 30.1 Å². The molecule has 4 N–H and O–H groups in total. The van der Waals surface area contributed by atoms with Crippen molar-refractivity contribution in [1.82, 2.24) is 9.78 Å². The van der Waals surface area contributed by atoms with Gasteiger partial charge in [0, 0.05) is 6.42 Å². The third-order valence-corrected chi connectivity index (χ3v) is 4.93. The Kier molecular flexibility index (Phi) is 6.14. The minimum atomic E-state index is -1.24. The normalized spacial score (nSPS) is 18.2. The summed E-state index contributed by atoms with van der Waals surface area (Å²) in [5.74, 6) is -3.70. The number of aliphatic hydroxyl groups excluding tert-OH is 2. The van der Waals surface area contributed by atoms with Crippen molar-refractivity contribution in [3.8, 4) is 5.88 Å². The molecular weight excluding hydrogens is 424 g/mol. The lowest BCUT2D eigenvalue weighted by atomic mass is 9.80. The summed E-state index contributed by atoms with van der Waals surface area (Å²) in [6, 6.07) is 0. The summed E-state index contributed by atoms with van der Waals surface area (Å²) in [5.41, 5.74) is -0.0566. The molecule has 0 fully saturated rings. The quantitative estimate of drug-likeness (QED) is 0.255. The molecule has 0 atom stereocenters. The molecular formula is C20H23N4O8+. The third-order valence-electron chi connectivity index (χ3n) is 4.93. The van der Waals surface area contributed by atoms with Crippen LogP contribution in [0.4, 0.5) is 0 Å². The standard InChI is InChI=1S/C20H22N4O8/c1-4-5-12(27)32-7-6-23-19(30)13(9(2)21-23)15-17(28)16(18(15)29)14-10(3)22-24(20(14)31)8-11(25)26/h4-8H2,1-3H3,(H3,21,22,25,26,28,29,30,31)/p+1. The number of Topliss-reactive ketones (excluding diaryl/α,β-unsaturated/α-hetero) is 1. The van der Waals surface area contributed by atoms with E-state index in [2.05, 4.69) is 10.2 Å². The van der Waals surface area contributed by atoms with E-state index in [0.717, 1.165) is 9.37 Å². The first-order valence-corrected chi connectivity index (χ1v) is 9.84. The van der Waals surface area contributed by atoms with E-state index in [1.54, 1.807) is 0 Å². The second kappa shape index (κ2) is 8.65. The third kappa shape index (κ3) is 3.86. The maximum atomic E-state index is 12.9. The number of aliphatic hydroxyl groups is 2. The molecule has 3 rings (SSSR count). The molecule has 1 aliphatic carbocycles. The molecule has 0 radical (unpaired) electrons. The van der Waals surface area contributed by atoms with Crippen molar-refractivity contribution in [2.24, 2.45) is 5.10 Å². The largest absolute Gasteiger partial charge is 0.506 e. The van der Waals surface area contributed by atoms with E-state index in [0.29, 0.717) is 6.42 Å². The zero-order valence-corrected chi connectivity index (χ0v) is 17.7. The number of aliphatic carboxylic acids is 1. The topological polar surface area (TPSA) is 175 Å². The van der Waals surface area contributed by atoms with Crippen LogP contribution in [0, 0.1) is 6.92 Å². The number of nitrogens with zero attached hydrogens (tertiary/aromatic N) is 4. The van der Waals surface area contributed by atoms with E-state index < -0.39 is 30.0 Å². The van der Waals surface area contributed by atoms with Crippen LogP contribution >= 0.6 is 0 Å². The summed E-state index contributed by atoms with van der Waals surface area (Å²) in [7, 11) is 0. The Balaban J connectivity index is 1.92. The Labute approximate surface area is 182 Å². The zero-order valence-electron chi connectivity index (χ0n) is 17.7. The predicted octanol–water partition coefficient (Wildman–Crippen LogP) is 0.832. The summed E-state index contributed by atoms with van der Waals surface area (Å²) in [5, 5.41) is 48.4. The smallest absolute Gasteiger partial charge is 0.402 e. The molecule has 170 valence electrons. The van der Waals surface area contributed by atoms with Crippen LogP contribution in [0.1, 0.15) is 37.9 Å². The number of rotatable bonds is 8. The number of carboxylic acid groups (broad SMARTS) is 1. The van der Waals surface area contributed by atoms with Crippen molar-refractivity contribution < 1.29 is 44.2 Å². The minimum Gasteiger partial charge on any atom is -0.506 e. The lowest BCUT2D eigenvalue weighted by molar-refractivity contribution is -0.527. The number of aryl methyl sites for hydroxylation is 1. The first kappa shape index (κ1) is 22.7. The molecule has 1 aromatic rings. The van der Waals surface area contributed by atoms with Gasteiger partial charge < -0.3 is 25.2 Å². The fourth-order valence-corrected chi connectivity index (χ4v) is 3.51. The van der Waals surface area contributed by atoms with Gasteiger partial charge in [0.05, 0.1) is 28.9 Å². The highest BCUT2D eigenvalue weighted by Gasteiger charge is 2.46. The van der Waals surface area contributed by atoms with Gasteiger partial charge in [0.2, 0.25) is 11.7 Å². The average molecular weight is 447 g/mol. The van der Waals surface area contributed by atoms with Gasteiger partial charge in [-0.3, -0.25) is 9.59 Å². The molecule has 0 aromatic carbocycles. The van der Waals surface area contributed by atoms with Gasteiger partial charge in [-0.1, -0.05) is 6.92 Å². The molecule has 32 heavy (non-hydrogen) atoms. The van der Waals surface area contributed by atoms with E-state index in [1.165, 1.54) is 13.8 Å². The fraction of sp³-hybridized carbons (Fsp3) is 0.400. The van der Waals surface area contributed by atoms with Crippen molar-refractivity contribution in [2.45, 2.75) is 40.2 Å². The highest BCUT2D eigenvalue weighted by molar-refractivity contribution is 6.43. The number of allylic oxidation sites excluding steroid dienone is 2. The molecule has 0 bridgehead atoms. The van der Waals surface area contributed by atoms with Crippen molar-refractivity contribution >= 4 is 34.9 Å². The fourth-order valence-electron chi connectivity index (χ4n) is 3.51. The van der Waals surface area contributed by atoms with Gasteiger partial charge >= 0.3 is 17.8 Å². The maximum Gasteiger partial charge on any atom is 0.402 e. The van der Waals surface area contributed by atoms with E-state index in [9.17, 15) is 29.7 Å². The first-order valence-electron chi connectivity index (χ1n) is 9.84. The number of carbonyl (C=O) groups excluding carboxylic acids is 2. The SMILES string of the molecule is CCCC(=O)OCCn1nc(C)c(C2=C(O)/C(=C3\C(C)=N[N+](CC(=O)O)=C3O)C2=O)c1O. The van der Waals surface area contributed by atoms with Crippen molar-refractivity contribution in [3.63, 3.8) is 0 Å². The Bertz CT molecular complexity index is 1150. The Hall–Kier alpha value is -3.96. The van der Waals surface area contributed by atoms with E-state index in [1.807, 2.05) is 6.92 Å². The van der Waals surface area contributed by atoms with Crippen LogP contribution in [-0.4, -0.2) is 77.4 Å². The second-order valence-electron chi connectivity index (χ2n) is 7.24. The summed E-state index contributed by atoms with van der Waals surface area (Å²) in [6.07, 6.45) is 0.923. The predicted molar refractivity (Wildman–Crippen MR) is 110 cm³/mol. The number of ketones is 1. The molecule has 1 aromatic heterocycles. The molecule has 12 heteroatoms. The van der Waals surface area contributed by atoms with Crippen LogP contribution < -0.4 is 0 Å². The summed E-state index contributed by atoms with van der Waals surface area (Å²) < 4.78 is 7.00. The number of carboxylic acids is 1. The van der Waals surface area contributed by atoms with Gasteiger partial charge in [0.25, 0.3) is 6.54 Å². The molecule has 12 nitrogen and oxygen atoms in total. The number of hydrazone groups is 1. The average Bonchev–Trinajstić information content (AvgIpc) is 3.13. The molecule has 0 unspecified atom stereocenters. The second-order valence-corrected chi connectivity index (χ2v) is 7.24. The van der Waals surface area contributed by atoms with E-state index >= 15 is 0 Å². The first-order chi connectivity index (χ1) is 15.1. The highest BCUT2D eigenvalue weighted by Crippen LogP contribution is 2.43. The molecule has 0 amide bonds. The number of aromatic hydroxyl groups is 1. The van der Waals surface area contributed by atoms with Crippen LogP contribution in [0.5, 0.6) is 5.88 Å². The summed E-state index contributed by atoms with van der Waals surface area (Å²) >= 11 is 0. The minimum absolute atomic E-state index is 0.0196. The highest BCUT2D eigenvalue weighted by atomic mass is 16.5. The van der Waals surface area contributed by atoms with E-state index in [-0.39, 0.29) is 65.1 Å². The summed E-state index contributed by atoms with van der Waals surface area (Å²) in [4.78, 5) is 35.2.